The third kappa shape index (κ3) is 5.10. The molecule has 174 valence electrons. The second-order valence-electron chi connectivity index (χ2n) is 8.63. The van der Waals surface area contributed by atoms with E-state index in [0.717, 1.165) is 29.7 Å². The van der Waals surface area contributed by atoms with Crippen LogP contribution < -0.4 is 4.74 Å². The Morgan fingerprint density at radius 3 is 2.34 bits per heavy atom. The Balaban J connectivity index is 1.47. The van der Waals surface area contributed by atoms with Gasteiger partial charge in [-0.1, -0.05) is 35.9 Å². The van der Waals surface area contributed by atoms with E-state index >= 15 is 0 Å². The van der Waals surface area contributed by atoms with Crippen molar-refractivity contribution in [1.29, 1.82) is 0 Å². The van der Waals surface area contributed by atoms with Gasteiger partial charge in [0.2, 0.25) is 0 Å². The zero-order valence-corrected chi connectivity index (χ0v) is 18.3. The molecule has 1 aliphatic heterocycles. The molecular weight excluding hydrogens is 436 g/mol. The fraction of sp³-hybridized carbons (Fsp3) is 0.500. The van der Waals surface area contributed by atoms with Crippen molar-refractivity contribution in [3.05, 3.63) is 64.2 Å². The zero-order chi connectivity index (χ0) is 22.8. The number of aliphatic hydroxyl groups excluding tert-OH is 5. The van der Waals surface area contributed by atoms with E-state index in [1.807, 2.05) is 24.3 Å². The molecule has 7 nitrogen and oxygen atoms in total. The van der Waals surface area contributed by atoms with Crippen LogP contribution in [0.15, 0.2) is 42.5 Å². The van der Waals surface area contributed by atoms with Crippen molar-refractivity contribution in [2.45, 2.75) is 68.4 Å². The van der Waals surface area contributed by atoms with Gasteiger partial charge in [0.1, 0.15) is 42.4 Å². The van der Waals surface area contributed by atoms with Crippen LogP contribution in [-0.4, -0.2) is 68.8 Å². The highest BCUT2D eigenvalue weighted by molar-refractivity contribution is 6.31. The minimum Gasteiger partial charge on any atom is -0.490 e. The van der Waals surface area contributed by atoms with Crippen LogP contribution in [0.2, 0.25) is 5.02 Å². The molecule has 2 fully saturated rings. The van der Waals surface area contributed by atoms with Crippen LogP contribution in [0, 0.1) is 0 Å². The standard InChI is InChI=1S/C24H29ClO7/c25-19-8-3-14(24-23(30)22(29)21(28)20(12-26)32-24)10-15(19)9-13-1-5-17(6-2-13)31-18-7-4-16(27)11-18/h1-3,5-6,8,10,16,18,20-24,26-30H,4,7,9,11-12H2/t16?,18-,20-,21-,22+,23-,24+/m1/s1. The minimum atomic E-state index is -1.43. The van der Waals surface area contributed by atoms with Gasteiger partial charge in [0.05, 0.1) is 12.7 Å². The highest BCUT2D eigenvalue weighted by atomic mass is 35.5. The lowest BCUT2D eigenvalue weighted by atomic mass is 9.90. The lowest BCUT2D eigenvalue weighted by molar-refractivity contribution is -0.231. The van der Waals surface area contributed by atoms with Crippen LogP contribution in [0.4, 0.5) is 0 Å². The molecule has 0 radical (unpaired) electrons. The second kappa shape index (κ2) is 10.1. The summed E-state index contributed by atoms with van der Waals surface area (Å²) in [5, 5.41) is 50.1. The SMILES string of the molecule is OC[C@H]1O[C@@H](c2ccc(Cl)c(Cc3ccc(O[C@@H]4CCC(O)C4)cc3)c2)[C@H](O)[C@@H](O)[C@@H]1O. The highest BCUT2D eigenvalue weighted by Gasteiger charge is 2.44. The molecule has 4 rings (SSSR count). The number of aliphatic hydroxyl groups is 5. The fourth-order valence-corrected chi connectivity index (χ4v) is 4.59. The Hall–Kier alpha value is -1.71. The molecule has 1 aliphatic carbocycles. The molecule has 5 N–H and O–H groups in total. The number of rotatable bonds is 6. The Kier molecular flexibility index (Phi) is 7.37. The smallest absolute Gasteiger partial charge is 0.119 e. The van der Waals surface area contributed by atoms with Crippen LogP contribution in [0.25, 0.3) is 0 Å². The van der Waals surface area contributed by atoms with Gasteiger partial charge in [0.15, 0.2) is 0 Å². The summed E-state index contributed by atoms with van der Waals surface area (Å²) in [4.78, 5) is 0. The molecule has 0 amide bonds. The van der Waals surface area contributed by atoms with Gasteiger partial charge < -0.3 is 35.0 Å². The molecule has 0 aromatic heterocycles. The topological polar surface area (TPSA) is 120 Å². The summed E-state index contributed by atoms with van der Waals surface area (Å²) in [5.74, 6) is 0.758. The monoisotopic (exact) mass is 464 g/mol. The molecule has 7 atom stereocenters. The van der Waals surface area contributed by atoms with Gasteiger partial charge in [-0.25, -0.2) is 0 Å². The van der Waals surface area contributed by atoms with Crippen molar-refractivity contribution < 1.29 is 35.0 Å². The van der Waals surface area contributed by atoms with Gasteiger partial charge in [-0.15, -0.1) is 0 Å². The normalized spacial score (nSPS) is 32.8. The fourth-order valence-electron chi connectivity index (χ4n) is 4.41. The third-order valence-electron chi connectivity index (χ3n) is 6.27. The van der Waals surface area contributed by atoms with Gasteiger partial charge >= 0.3 is 0 Å². The summed E-state index contributed by atoms with van der Waals surface area (Å²) in [6.45, 7) is -0.476. The summed E-state index contributed by atoms with van der Waals surface area (Å²) < 4.78 is 11.6. The van der Waals surface area contributed by atoms with Crippen molar-refractivity contribution in [2.75, 3.05) is 6.61 Å². The number of benzene rings is 2. The van der Waals surface area contributed by atoms with E-state index in [9.17, 15) is 25.5 Å². The molecule has 1 heterocycles. The van der Waals surface area contributed by atoms with E-state index in [0.29, 0.717) is 23.4 Å². The van der Waals surface area contributed by atoms with Crippen molar-refractivity contribution in [3.63, 3.8) is 0 Å². The minimum absolute atomic E-state index is 0.0421. The van der Waals surface area contributed by atoms with Crippen LogP contribution in [0.5, 0.6) is 5.75 Å². The average molecular weight is 465 g/mol. The number of hydrogen-bond donors (Lipinski definition) is 5. The maximum absolute atomic E-state index is 10.4. The first-order valence-electron chi connectivity index (χ1n) is 10.9. The molecule has 0 bridgehead atoms. The summed E-state index contributed by atoms with van der Waals surface area (Å²) in [7, 11) is 0. The van der Waals surface area contributed by atoms with Crippen LogP contribution in [-0.2, 0) is 11.2 Å². The van der Waals surface area contributed by atoms with E-state index in [-0.39, 0.29) is 12.2 Å². The lowest BCUT2D eigenvalue weighted by Gasteiger charge is -2.40. The summed E-state index contributed by atoms with van der Waals surface area (Å²) in [5.41, 5.74) is 2.42. The van der Waals surface area contributed by atoms with Gasteiger partial charge in [0, 0.05) is 11.4 Å². The predicted molar refractivity (Wildman–Crippen MR) is 118 cm³/mol. The number of ether oxygens (including phenoxy) is 2. The second-order valence-corrected chi connectivity index (χ2v) is 9.03. The van der Waals surface area contributed by atoms with Crippen LogP contribution in [0.1, 0.15) is 42.1 Å². The van der Waals surface area contributed by atoms with Gasteiger partial charge in [-0.3, -0.25) is 0 Å². The Morgan fingerprint density at radius 2 is 1.69 bits per heavy atom. The van der Waals surface area contributed by atoms with Crippen molar-refractivity contribution in [3.8, 4) is 5.75 Å². The Bertz CT molecular complexity index is 904. The van der Waals surface area contributed by atoms with E-state index in [1.165, 1.54) is 0 Å². The first kappa shape index (κ1) is 23.4. The third-order valence-corrected chi connectivity index (χ3v) is 6.64. The van der Waals surface area contributed by atoms with Crippen molar-refractivity contribution in [1.82, 2.24) is 0 Å². The van der Waals surface area contributed by atoms with Crippen LogP contribution >= 0.6 is 11.6 Å². The summed E-state index contributed by atoms with van der Waals surface area (Å²) in [6.07, 6.45) is -3.47. The van der Waals surface area contributed by atoms with E-state index in [1.54, 1.807) is 18.2 Å². The predicted octanol–water partition coefficient (Wildman–Crippen LogP) is 1.74. The summed E-state index contributed by atoms with van der Waals surface area (Å²) >= 11 is 6.41. The molecule has 2 aromatic rings. The molecule has 32 heavy (non-hydrogen) atoms. The van der Waals surface area contributed by atoms with E-state index in [2.05, 4.69) is 0 Å². The van der Waals surface area contributed by atoms with Gasteiger partial charge in [0.25, 0.3) is 0 Å². The molecule has 8 heteroatoms. The Labute approximate surface area is 191 Å². The first-order valence-corrected chi connectivity index (χ1v) is 11.3. The Morgan fingerprint density at radius 1 is 0.938 bits per heavy atom. The first-order chi connectivity index (χ1) is 15.4. The molecule has 1 saturated heterocycles. The van der Waals surface area contributed by atoms with Crippen molar-refractivity contribution >= 4 is 11.6 Å². The molecule has 0 spiro atoms. The molecule has 2 aliphatic rings. The molecule has 1 saturated carbocycles. The average Bonchev–Trinajstić information content (AvgIpc) is 3.20. The van der Waals surface area contributed by atoms with Gasteiger partial charge in [-0.05, 0) is 54.2 Å². The number of hydrogen-bond acceptors (Lipinski definition) is 7. The maximum atomic E-state index is 10.4. The number of halogens is 1. The van der Waals surface area contributed by atoms with Crippen molar-refractivity contribution in [2.24, 2.45) is 0 Å². The quantitative estimate of drug-likeness (QED) is 0.441. The maximum Gasteiger partial charge on any atom is 0.119 e. The van der Waals surface area contributed by atoms with E-state index < -0.39 is 37.1 Å². The van der Waals surface area contributed by atoms with E-state index in [4.69, 9.17) is 21.1 Å². The largest absolute Gasteiger partial charge is 0.490 e. The lowest BCUT2D eigenvalue weighted by Crippen LogP contribution is -2.55. The zero-order valence-electron chi connectivity index (χ0n) is 17.5. The molecular formula is C24H29ClO7. The van der Waals surface area contributed by atoms with Gasteiger partial charge in [-0.2, -0.15) is 0 Å². The van der Waals surface area contributed by atoms with Crippen LogP contribution in [0.3, 0.4) is 0 Å². The molecule has 2 aromatic carbocycles. The highest BCUT2D eigenvalue weighted by Crippen LogP contribution is 2.34. The molecule has 1 unspecified atom stereocenters. The summed E-state index contributed by atoms with van der Waals surface area (Å²) in [6, 6.07) is 12.9.